The fraction of sp³-hybridized carbons (Fsp3) is 0.296. The van der Waals surface area contributed by atoms with E-state index in [1.54, 1.807) is 6.07 Å². The van der Waals surface area contributed by atoms with Gasteiger partial charge in [-0.2, -0.15) is 5.10 Å². The molecule has 0 aliphatic rings. The number of aryl methyl sites for hydroxylation is 3. The monoisotopic (exact) mass is 457 g/mol. The van der Waals surface area contributed by atoms with E-state index in [9.17, 15) is 4.79 Å². The number of nitrogens with zero attached hydrogens (tertiary/aromatic N) is 3. The Morgan fingerprint density at radius 3 is 2.68 bits per heavy atom. The van der Waals surface area contributed by atoms with Crippen molar-refractivity contribution in [2.75, 3.05) is 32.6 Å². The number of ether oxygens (including phenoxy) is 1. The van der Waals surface area contributed by atoms with Crippen LogP contribution in [0.15, 0.2) is 48.5 Å². The number of H-pyrrole nitrogens is 1. The van der Waals surface area contributed by atoms with E-state index in [-0.39, 0.29) is 5.91 Å². The molecular weight excluding hydrogens is 426 g/mol. The second-order valence-corrected chi connectivity index (χ2v) is 8.79. The van der Waals surface area contributed by atoms with Gasteiger partial charge in [0, 0.05) is 28.7 Å². The van der Waals surface area contributed by atoms with Crippen molar-refractivity contribution in [3.8, 4) is 17.0 Å². The molecule has 1 amide bonds. The van der Waals surface area contributed by atoms with Crippen molar-refractivity contribution in [2.24, 2.45) is 0 Å². The Morgan fingerprint density at radius 2 is 1.91 bits per heavy atom. The summed E-state index contributed by atoms with van der Waals surface area (Å²) < 4.78 is 5.84. The SMILES string of the molecule is CCc1n[nH]c2nc(-c3cc(NC(=O)c4cc(C)cc(OCCN(C)C)c4)ccc3C)ccc12. The summed E-state index contributed by atoms with van der Waals surface area (Å²) in [6.07, 6.45) is 0.850. The number of rotatable bonds is 8. The van der Waals surface area contributed by atoms with Gasteiger partial charge in [0.25, 0.3) is 5.91 Å². The highest BCUT2D eigenvalue weighted by atomic mass is 16.5. The van der Waals surface area contributed by atoms with Crippen LogP contribution >= 0.6 is 0 Å². The summed E-state index contributed by atoms with van der Waals surface area (Å²) in [7, 11) is 4.00. The van der Waals surface area contributed by atoms with E-state index in [0.29, 0.717) is 23.6 Å². The molecule has 4 rings (SSSR count). The molecule has 0 radical (unpaired) electrons. The van der Waals surface area contributed by atoms with E-state index >= 15 is 0 Å². The van der Waals surface area contributed by atoms with Crippen molar-refractivity contribution >= 4 is 22.6 Å². The molecule has 0 unspecified atom stereocenters. The molecule has 0 spiro atoms. The summed E-state index contributed by atoms with van der Waals surface area (Å²) >= 11 is 0. The number of aromatic amines is 1. The number of amides is 1. The van der Waals surface area contributed by atoms with Crippen LogP contribution in [-0.2, 0) is 6.42 Å². The van der Waals surface area contributed by atoms with Gasteiger partial charge in [-0.1, -0.05) is 13.0 Å². The molecule has 2 aromatic heterocycles. The topological polar surface area (TPSA) is 83.1 Å². The van der Waals surface area contributed by atoms with Crippen molar-refractivity contribution in [1.29, 1.82) is 0 Å². The lowest BCUT2D eigenvalue weighted by molar-refractivity contribution is 0.102. The van der Waals surface area contributed by atoms with Crippen LogP contribution in [0.1, 0.15) is 34.1 Å². The minimum absolute atomic E-state index is 0.180. The molecule has 2 aromatic carbocycles. The number of anilines is 1. The van der Waals surface area contributed by atoms with E-state index in [0.717, 1.165) is 52.1 Å². The summed E-state index contributed by atoms with van der Waals surface area (Å²) in [6, 6.07) is 15.5. The van der Waals surface area contributed by atoms with Crippen LogP contribution in [0.25, 0.3) is 22.3 Å². The highest BCUT2D eigenvalue weighted by Gasteiger charge is 2.13. The Hall–Kier alpha value is -3.71. The van der Waals surface area contributed by atoms with E-state index in [2.05, 4.69) is 33.4 Å². The van der Waals surface area contributed by atoms with Crippen LogP contribution in [-0.4, -0.2) is 53.2 Å². The Bertz CT molecular complexity index is 1330. The first kappa shape index (κ1) is 23.4. The van der Waals surface area contributed by atoms with Crippen LogP contribution in [0.5, 0.6) is 5.75 Å². The Balaban J connectivity index is 1.55. The number of nitrogens with one attached hydrogen (secondary N) is 2. The third-order valence-electron chi connectivity index (χ3n) is 5.73. The minimum atomic E-state index is -0.180. The molecular formula is C27H31N5O2. The molecule has 7 nitrogen and oxygen atoms in total. The van der Waals surface area contributed by atoms with E-state index < -0.39 is 0 Å². The number of carbonyl (C=O) groups is 1. The second kappa shape index (κ2) is 10.1. The quantitative estimate of drug-likeness (QED) is 0.389. The minimum Gasteiger partial charge on any atom is -0.492 e. The van der Waals surface area contributed by atoms with Crippen LogP contribution in [0.4, 0.5) is 5.69 Å². The molecule has 0 saturated carbocycles. The first-order chi connectivity index (χ1) is 16.3. The molecule has 2 N–H and O–H groups in total. The predicted octanol–water partition coefficient (Wildman–Crippen LogP) is 5.00. The first-order valence-corrected chi connectivity index (χ1v) is 11.5. The Labute approximate surface area is 200 Å². The van der Waals surface area contributed by atoms with Gasteiger partial charge in [-0.25, -0.2) is 4.98 Å². The third-order valence-corrected chi connectivity index (χ3v) is 5.73. The standard InChI is InChI=1S/C27H31N5O2/c1-6-24-22-9-10-25(29-26(22)31-30-24)23-16-20(8-7-18(23)3)28-27(33)19-13-17(2)14-21(15-19)34-12-11-32(4)5/h7-10,13-16H,6,11-12H2,1-5H3,(H,28,33)(H,29,30,31). The molecule has 176 valence electrons. The summed E-state index contributed by atoms with van der Waals surface area (Å²) in [6.45, 7) is 7.44. The molecule has 7 heteroatoms. The number of hydrogen-bond donors (Lipinski definition) is 2. The maximum absolute atomic E-state index is 13.0. The van der Waals surface area contributed by atoms with Gasteiger partial charge in [0.1, 0.15) is 12.4 Å². The van der Waals surface area contributed by atoms with Gasteiger partial charge in [0.15, 0.2) is 5.65 Å². The summed E-state index contributed by atoms with van der Waals surface area (Å²) in [5.74, 6) is 0.514. The first-order valence-electron chi connectivity index (χ1n) is 11.5. The maximum atomic E-state index is 13.0. The number of likely N-dealkylation sites (N-methyl/N-ethyl adjacent to an activating group) is 1. The molecule has 0 aliphatic heterocycles. The predicted molar refractivity (Wildman–Crippen MR) is 137 cm³/mol. The van der Waals surface area contributed by atoms with Crippen molar-refractivity contribution in [2.45, 2.75) is 27.2 Å². The highest BCUT2D eigenvalue weighted by molar-refractivity contribution is 6.05. The van der Waals surface area contributed by atoms with Crippen LogP contribution in [0.2, 0.25) is 0 Å². The van der Waals surface area contributed by atoms with E-state index in [4.69, 9.17) is 9.72 Å². The number of fused-ring (bicyclic) bond motifs is 1. The van der Waals surface area contributed by atoms with Gasteiger partial charge >= 0.3 is 0 Å². The van der Waals surface area contributed by atoms with Crippen molar-refractivity contribution < 1.29 is 9.53 Å². The van der Waals surface area contributed by atoms with Crippen LogP contribution < -0.4 is 10.1 Å². The van der Waals surface area contributed by atoms with Gasteiger partial charge in [-0.3, -0.25) is 9.89 Å². The molecule has 0 atom stereocenters. The van der Waals surface area contributed by atoms with Gasteiger partial charge < -0.3 is 15.0 Å². The fourth-order valence-electron chi connectivity index (χ4n) is 3.86. The smallest absolute Gasteiger partial charge is 0.255 e. The Morgan fingerprint density at radius 1 is 1.09 bits per heavy atom. The zero-order chi connectivity index (χ0) is 24.2. The van der Waals surface area contributed by atoms with Crippen molar-refractivity contribution in [3.63, 3.8) is 0 Å². The van der Waals surface area contributed by atoms with Gasteiger partial charge in [-0.05, 0) is 88.0 Å². The summed E-state index contributed by atoms with van der Waals surface area (Å²) in [5.41, 5.74) is 6.89. The van der Waals surface area contributed by atoms with Crippen molar-refractivity contribution in [1.82, 2.24) is 20.1 Å². The normalized spacial score (nSPS) is 11.2. The molecule has 0 fully saturated rings. The molecule has 34 heavy (non-hydrogen) atoms. The van der Waals surface area contributed by atoms with Crippen LogP contribution in [0, 0.1) is 13.8 Å². The van der Waals surface area contributed by atoms with E-state index in [1.807, 2.05) is 64.3 Å². The number of carbonyl (C=O) groups excluding carboxylic acids is 1. The van der Waals surface area contributed by atoms with Gasteiger partial charge in [0.05, 0.1) is 11.4 Å². The van der Waals surface area contributed by atoms with Crippen molar-refractivity contribution in [3.05, 3.63) is 70.9 Å². The largest absolute Gasteiger partial charge is 0.492 e. The lowest BCUT2D eigenvalue weighted by Gasteiger charge is -2.13. The third kappa shape index (κ3) is 5.26. The molecule has 0 aliphatic carbocycles. The average molecular weight is 458 g/mol. The number of pyridine rings is 1. The van der Waals surface area contributed by atoms with Crippen LogP contribution in [0.3, 0.4) is 0 Å². The van der Waals surface area contributed by atoms with Gasteiger partial charge in [-0.15, -0.1) is 0 Å². The zero-order valence-corrected chi connectivity index (χ0v) is 20.4. The number of aromatic nitrogens is 3. The molecule has 4 aromatic rings. The highest BCUT2D eigenvalue weighted by Crippen LogP contribution is 2.28. The zero-order valence-electron chi connectivity index (χ0n) is 20.4. The summed E-state index contributed by atoms with van der Waals surface area (Å²) in [5, 5.41) is 11.4. The van der Waals surface area contributed by atoms with E-state index in [1.165, 1.54) is 0 Å². The number of hydrogen-bond acceptors (Lipinski definition) is 5. The lowest BCUT2D eigenvalue weighted by atomic mass is 10.0. The second-order valence-electron chi connectivity index (χ2n) is 8.79. The molecule has 2 heterocycles. The van der Waals surface area contributed by atoms with Gasteiger partial charge in [0.2, 0.25) is 0 Å². The number of benzene rings is 2. The molecule has 0 bridgehead atoms. The summed E-state index contributed by atoms with van der Waals surface area (Å²) in [4.78, 5) is 19.9. The fourth-order valence-corrected chi connectivity index (χ4v) is 3.86. The Kier molecular flexibility index (Phi) is 6.93. The lowest BCUT2D eigenvalue weighted by Crippen LogP contribution is -2.19. The maximum Gasteiger partial charge on any atom is 0.255 e. The molecule has 0 saturated heterocycles. The average Bonchev–Trinajstić information content (AvgIpc) is 3.22.